The standard InChI is InChI=1S/C25H25ClN6O4/c1-30-23(35)19-11-8-16(22(34)28-18-4-2-3-5-18)12-20(19)32-24(30)29-31(25(32)36)14-21(33)27-13-15-6-9-17(26)10-7-15/h6-12,18H,2-5,13-14H2,1H3,(H,27,33)(H,28,34). The Morgan fingerprint density at radius 2 is 1.81 bits per heavy atom. The minimum Gasteiger partial charge on any atom is -0.350 e. The van der Waals surface area contributed by atoms with Gasteiger partial charge in [0.2, 0.25) is 11.7 Å². The highest BCUT2D eigenvalue weighted by molar-refractivity contribution is 6.30. The summed E-state index contributed by atoms with van der Waals surface area (Å²) in [6, 6.07) is 11.8. The van der Waals surface area contributed by atoms with Gasteiger partial charge in [0, 0.05) is 30.2 Å². The molecular formula is C25H25ClN6O4. The van der Waals surface area contributed by atoms with E-state index in [0.29, 0.717) is 10.6 Å². The van der Waals surface area contributed by atoms with Gasteiger partial charge in [0.25, 0.3) is 11.5 Å². The number of nitrogens with one attached hydrogen (secondary N) is 2. The van der Waals surface area contributed by atoms with Gasteiger partial charge in [0.15, 0.2) is 0 Å². The summed E-state index contributed by atoms with van der Waals surface area (Å²) in [6.07, 6.45) is 4.05. The molecule has 1 aliphatic carbocycles. The summed E-state index contributed by atoms with van der Waals surface area (Å²) in [6.45, 7) is -0.0648. The molecule has 4 aromatic rings. The monoisotopic (exact) mass is 508 g/mol. The summed E-state index contributed by atoms with van der Waals surface area (Å²) in [5.74, 6) is -0.586. The average molecular weight is 509 g/mol. The van der Waals surface area contributed by atoms with Gasteiger partial charge < -0.3 is 10.6 Å². The number of carbonyl (C=O) groups is 2. The summed E-state index contributed by atoms with van der Waals surface area (Å²) < 4.78 is 3.52. The summed E-state index contributed by atoms with van der Waals surface area (Å²) in [5, 5.41) is 10.9. The number of hydrogen-bond acceptors (Lipinski definition) is 5. The maximum absolute atomic E-state index is 13.3. The minimum absolute atomic E-state index is 0.0800. The van der Waals surface area contributed by atoms with E-state index in [1.165, 1.54) is 22.1 Å². The van der Waals surface area contributed by atoms with Crippen molar-refractivity contribution in [2.45, 2.75) is 44.8 Å². The van der Waals surface area contributed by atoms with Crippen molar-refractivity contribution in [1.29, 1.82) is 0 Å². The third-order valence-corrected chi connectivity index (χ3v) is 6.80. The van der Waals surface area contributed by atoms with Crippen LogP contribution in [0.5, 0.6) is 0 Å². The van der Waals surface area contributed by atoms with Crippen molar-refractivity contribution in [2.75, 3.05) is 0 Å². The lowest BCUT2D eigenvalue weighted by Crippen LogP contribution is -2.33. The summed E-state index contributed by atoms with van der Waals surface area (Å²) in [4.78, 5) is 51.6. The number of benzene rings is 2. The van der Waals surface area contributed by atoms with Crippen LogP contribution in [0.25, 0.3) is 16.7 Å². The van der Waals surface area contributed by atoms with Gasteiger partial charge in [-0.05, 0) is 48.7 Å². The molecule has 186 valence electrons. The first-order valence-corrected chi connectivity index (χ1v) is 12.1. The second-order valence-corrected chi connectivity index (χ2v) is 9.47. The van der Waals surface area contributed by atoms with Gasteiger partial charge in [-0.3, -0.25) is 19.0 Å². The van der Waals surface area contributed by atoms with Crippen molar-refractivity contribution >= 4 is 40.1 Å². The van der Waals surface area contributed by atoms with Crippen molar-refractivity contribution in [3.8, 4) is 0 Å². The topological polar surface area (TPSA) is 120 Å². The Morgan fingerprint density at radius 1 is 1.08 bits per heavy atom. The van der Waals surface area contributed by atoms with Crippen molar-refractivity contribution in [3.63, 3.8) is 0 Å². The number of nitrogens with zero attached hydrogens (tertiary/aromatic N) is 4. The molecule has 2 aromatic carbocycles. The first-order chi connectivity index (χ1) is 17.3. The van der Waals surface area contributed by atoms with E-state index in [4.69, 9.17) is 11.6 Å². The summed E-state index contributed by atoms with van der Waals surface area (Å²) in [5.41, 5.74) is 0.534. The summed E-state index contributed by atoms with van der Waals surface area (Å²) in [7, 11) is 1.51. The van der Waals surface area contributed by atoms with Gasteiger partial charge in [-0.25, -0.2) is 13.9 Å². The molecule has 0 aliphatic heterocycles. The van der Waals surface area contributed by atoms with Crippen molar-refractivity contribution < 1.29 is 9.59 Å². The van der Waals surface area contributed by atoms with Crippen LogP contribution in [0.15, 0.2) is 52.1 Å². The summed E-state index contributed by atoms with van der Waals surface area (Å²) >= 11 is 5.89. The average Bonchev–Trinajstić information content (AvgIpc) is 3.50. The highest BCUT2D eigenvalue weighted by Gasteiger charge is 2.21. The Kier molecular flexibility index (Phi) is 6.36. The zero-order valence-electron chi connectivity index (χ0n) is 19.7. The molecule has 10 nitrogen and oxygen atoms in total. The van der Waals surface area contributed by atoms with E-state index in [1.54, 1.807) is 36.4 Å². The molecule has 1 fully saturated rings. The molecule has 2 N–H and O–H groups in total. The fourth-order valence-corrected chi connectivity index (χ4v) is 4.70. The molecule has 36 heavy (non-hydrogen) atoms. The first kappa shape index (κ1) is 23.8. The third kappa shape index (κ3) is 4.51. The van der Waals surface area contributed by atoms with E-state index in [2.05, 4.69) is 15.7 Å². The lowest BCUT2D eigenvalue weighted by molar-refractivity contribution is -0.122. The Labute approximate surface area is 210 Å². The molecule has 0 bridgehead atoms. The second-order valence-electron chi connectivity index (χ2n) is 9.03. The molecule has 2 aromatic heterocycles. The minimum atomic E-state index is -0.583. The van der Waals surface area contributed by atoms with E-state index in [9.17, 15) is 19.2 Å². The molecule has 0 unspecified atom stereocenters. The number of carbonyl (C=O) groups excluding carboxylic acids is 2. The van der Waals surface area contributed by atoms with Crippen LogP contribution in [0.3, 0.4) is 0 Å². The number of hydrogen-bond donors (Lipinski definition) is 2. The molecule has 2 heterocycles. The quantitative estimate of drug-likeness (QED) is 0.413. The molecule has 2 amide bonds. The highest BCUT2D eigenvalue weighted by Crippen LogP contribution is 2.19. The highest BCUT2D eigenvalue weighted by atomic mass is 35.5. The molecular weight excluding hydrogens is 484 g/mol. The van der Waals surface area contributed by atoms with Crippen LogP contribution in [0.1, 0.15) is 41.6 Å². The van der Waals surface area contributed by atoms with E-state index in [1.807, 2.05) is 0 Å². The van der Waals surface area contributed by atoms with E-state index >= 15 is 0 Å². The van der Waals surface area contributed by atoms with E-state index < -0.39 is 11.6 Å². The molecule has 0 radical (unpaired) electrons. The molecule has 11 heteroatoms. The molecule has 0 atom stereocenters. The van der Waals surface area contributed by atoms with Crippen LogP contribution in [-0.2, 0) is 24.9 Å². The van der Waals surface area contributed by atoms with Crippen LogP contribution in [0.4, 0.5) is 0 Å². The number of amides is 2. The molecule has 1 aliphatic rings. The first-order valence-electron chi connectivity index (χ1n) is 11.8. The van der Waals surface area contributed by atoms with Crippen molar-refractivity contribution in [1.82, 2.24) is 29.4 Å². The Morgan fingerprint density at radius 3 is 2.53 bits per heavy atom. The third-order valence-electron chi connectivity index (χ3n) is 6.54. The predicted molar refractivity (Wildman–Crippen MR) is 135 cm³/mol. The zero-order chi connectivity index (χ0) is 25.4. The fraction of sp³-hybridized carbons (Fsp3) is 0.320. The fourth-order valence-electron chi connectivity index (χ4n) is 4.57. The zero-order valence-corrected chi connectivity index (χ0v) is 20.4. The number of halogens is 1. The van der Waals surface area contributed by atoms with Crippen molar-refractivity contribution in [2.24, 2.45) is 7.05 Å². The predicted octanol–water partition coefficient (Wildman–Crippen LogP) is 1.99. The maximum atomic E-state index is 13.3. The SMILES string of the molecule is Cn1c(=O)c2ccc(C(=O)NC3CCCC3)cc2n2c(=O)n(CC(=O)NCc3ccc(Cl)cc3)nc12. The van der Waals surface area contributed by atoms with Gasteiger partial charge in [-0.15, -0.1) is 5.10 Å². The van der Waals surface area contributed by atoms with Gasteiger partial charge >= 0.3 is 5.69 Å². The Balaban J connectivity index is 1.46. The van der Waals surface area contributed by atoms with Crippen LogP contribution in [-0.4, -0.2) is 36.6 Å². The maximum Gasteiger partial charge on any atom is 0.352 e. The van der Waals surface area contributed by atoms with Crippen LogP contribution in [0, 0.1) is 0 Å². The normalized spacial score (nSPS) is 13.9. The number of fused-ring (bicyclic) bond motifs is 3. The van der Waals surface area contributed by atoms with Gasteiger partial charge in [-0.2, -0.15) is 0 Å². The lowest BCUT2D eigenvalue weighted by Gasteiger charge is -2.12. The number of aryl methyl sites for hydroxylation is 1. The van der Waals surface area contributed by atoms with Crippen LogP contribution >= 0.6 is 11.6 Å². The van der Waals surface area contributed by atoms with Gasteiger partial charge in [-0.1, -0.05) is 36.6 Å². The van der Waals surface area contributed by atoms with E-state index in [-0.39, 0.29) is 47.3 Å². The lowest BCUT2D eigenvalue weighted by atomic mass is 10.1. The van der Waals surface area contributed by atoms with Crippen LogP contribution < -0.4 is 21.9 Å². The molecule has 0 spiro atoms. The smallest absolute Gasteiger partial charge is 0.350 e. The number of aromatic nitrogens is 4. The number of rotatable bonds is 6. The molecule has 5 rings (SSSR count). The van der Waals surface area contributed by atoms with Gasteiger partial charge in [0.1, 0.15) is 6.54 Å². The largest absolute Gasteiger partial charge is 0.352 e. The van der Waals surface area contributed by atoms with Crippen molar-refractivity contribution in [3.05, 3.63) is 79.5 Å². The second kappa shape index (κ2) is 9.62. The Hall–Kier alpha value is -3.92. The van der Waals surface area contributed by atoms with E-state index in [0.717, 1.165) is 35.9 Å². The molecule has 1 saturated carbocycles. The molecule has 0 saturated heterocycles. The van der Waals surface area contributed by atoms with Gasteiger partial charge in [0.05, 0.1) is 10.9 Å². The Bertz CT molecular complexity index is 1600. The van der Waals surface area contributed by atoms with Crippen LogP contribution in [0.2, 0.25) is 5.02 Å².